The van der Waals surface area contributed by atoms with Crippen molar-refractivity contribution in [2.45, 2.75) is 44.4 Å². The van der Waals surface area contributed by atoms with Gasteiger partial charge in [0.1, 0.15) is 11.5 Å². The summed E-state index contributed by atoms with van der Waals surface area (Å²) in [5.41, 5.74) is 2.53. The summed E-state index contributed by atoms with van der Waals surface area (Å²) in [6, 6.07) is 8.92. The summed E-state index contributed by atoms with van der Waals surface area (Å²) >= 11 is 9.76. The molecule has 0 bridgehead atoms. The first-order valence-corrected chi connectivity index (χ1v) is 10.4. The number of hydrogen-bond acceptors (Lipinski definition) is 5. The topological polar surface area (TPSA) is 82.4 Å². The van der Waals surface area contributed by atoms with Gasteiger partial charge in [0.05, 0.1) is 17.4 Å². The third-order valence-corrected chi connectivity index (χ3v) is 5.65. The molecule has 9 heteroatoms. The van der Waals surface area contributed by atoms with Crippen LogP contribution >= 0.6 is 27.5 Å². The van der Waals surface area contributed by atoms with E-state index in [4.69, 9.17) is 11.6 Å². The van der Waals surface area contributed by atoms with E-state index in [0.717, 1.165) is 17.1 Å². The van der Waals surface area contributed by atoms with Gasteiger partial charge in [-0.15, -0.1) is 0 Å². The molecule has 1 aliphatic heterocycles. The van der Waals surface area contributed by atoms with Crippen molar-refractivity contribution < 1.29 is 9.90 Å². The number of aromatic nitrogens is 2. The number of aliphatic carboxylic acids is 1. The second-order valence-electron chi connectivity index (χ2n) is 7.53. The molecular weight excluding hydrogens is 458 g/mol. The summed E-state index contributed by atoms with van der Waals surface area (Å²) in [5.74, 6) is -0.234. The van der Waals surface area contributed by atoms with Gasteiger partial charge < -0.3 is 20.6 Å². The number of aryl methyl sites for hydroxylation is 2. The summed E-state index contributed by atoms with van der Waals surface area (Å²) in [6.45, 7) is 7.87. The molecule has 2 aromatic rings. The number of carbonyl (C=O) groups is 1. The summed E-state index contributed by atoms with van der Waals surface area (Å²) < 4.78 is 1.01. The monoisotopic (exact) mass is 481 g/mol. The van der Waals surface area contributed by atoms with E-state index in [1.807, 2.05) is 57.8 Å². The van der Waals surface area contributed by atoms with Crippen LogP contribution in [0, 0.1) is 6.92 Å². The molecular formula is C20H25BrClN5O2. The summed E-state index contributed by atoms with van der Waals surface area (Å²) in [7, 11) is 1.85. The molecule has 1 aliphatic rings. The average molecular weight is 483 g/mol. The fraction of sp³-hybridized carbons (Fsp3) is 0.400. The highest BCUT2D eigenvalue weighted by molar-refractivity contribution is 9.10. The smallest absolute Gasteiger partial charge is 0.353 e. The minimum atomic E-state index is -1.02. The Kier molecular flexibility index (Phi) is 5.87. The number of benzene rings is 1. The van der Waals surface area contributed by atoms with Crippen molar-refractivity contribution in [2.75, 3.05) is 5.32 Å². The quantitative estimate of drug-likeness (QED) is 0.423. The van der Waals surface area contributed by atoms with Crippen LogP contribution in [0.25, 0.3) is 0 Å². The maximum atomic E-state index is 12.1. The van der Waals surface area contributed by atoms with Gasteiger partial charge in [-0.05, 0) is 61.3 Å². The molecule has 0 amide bonds. The molecule has 3 N–H and O–H groups in total. The molecule has 0 radical (unpaired) electrons. The van der Waals surface area contributed by atoms with Crippen LogP contribution in [0.15, 0.2) is 41.7 Å². The minimum Gasteiger partial charge on any atom is -0.477 e. The zero-order chi connectivity index (χ0) is 21.5. The Labute approximate surface area is 183 Å². The lowest BCUT2D eigenvalue weighted by atomic mass is 10.0. The lowest BCUT2D eigenvalue weighted by Gasteiger charge is -2.39. The Hall–Kier alpha value is -2.19. The predicted octanol–water partition coefficient (Wildman–Crippen LogP) is 4.21. The number of hydrogen-bond donors (Lipinski definition) is 3. The molecule has 156 valence electrons. The van der Waals surface area contributed by atoms with Crippen molar-refractivity contribution in [3.05, 3.63) is 58.0 Å². The van der Waals surface area contributed by atoms with Gasteiger partial charge in [0.25, 0.3) is 0 Å². The van der Waals surface area contributed by atoms with E-state index in [0.29, 0.717) is 10.7 Å². The SMILES string of the molecule is Cc1cc(NC(C2=C(C(=O)O)NC(C)(Br)N2C(C)C)c2ccc(Cl)cc2)n(C)n1. The number of nitrogens with one attached hydrogen (secondary N) is 2. The Balaban J connectivity index is 2.19. The molecule has 2 heterocycles. The molecule has 0 spiro atoms. The second-order valence-corrected chi connectivity index (χ2v) is 9.51. The van der Waals surface area contributed by atoms with Crippen molar-refractivity contribution >= 4 is 39.3 Å². The molecule has 2 unspecified atom stereocenters. The highest BCUT2D eigenvalue weighted by atomic mass is 79.9. The van der Waals surface area contributed by atoms with Crippen LogP contribution in [0.4, 0.5) is 5.82 Å². The van der Waals surface area contributed by atoms with Crippen molar-refractivity contribution in [1.82, 2.24) is 20.0 Å². The number of halogens is 2. The number of nitrogens with zero attached hydrogens (tertiary/aromatic N) is 3. The van der Waals surface area contributed by atoms with E-state index in [-0.39, 0.29) is 11.7 Å². The lowest BCUT2D eigenvalue weighted by Crippen LogP contribution is -2.49. The van der Waals surface area contributed by atoms with Crippen LogP contribution in [-0.4, -0.2) is 36.4 Å². The van der Waals surface area contributed by atoms with Gasteiger partial charge in [-0.3, -0.25) is 4.68 Å². The van der Waals surface area contributed by atoms with Crippen LogP contribution in [0.1, 0.15) is 38.1 Å². The maximum Gasteiger partial charge on any atom is 0.353 e. The van der Waals surface area contributed by atoms with E-state index in [1.54, 1.807) is 16.8 Å². The Morgan fingerprint density at radius 3 is 2.45 bits per heavy atom. The molecule has 0 saturated heterocycles. The van der Waals surface area contributed by atoms with E-state index in [2.05, 4.69) is 31.7 Å². The van der Waals surface area contributed by atoms with Crippen molar-refractivity contribution in [2.24, 2.45) is 7.05 Å². The Morgan fingerprint density at radius 2 is 1.97 bits per heavy atom. The van der Waals surface area contributed by atoms with E-state index in [9.17, 15) is 9.90 Å². The molecule has 7 nitrogen and oxygen atoms in total. The van der Waals surface area contributed by atoms with Crippen LogP contribution in [-0.2, 0) is 11.8 Å². The summed E-state index contributed by atoms with van der Waals surface area (Å²) in [5, 5.41) is 21.6. The molecule has 2 atom stereocenters. The number of anilines is 1. The minimum absolute atomic E-state index is 0.0311. The molecule has 0 fully saturated rings. The summed E-state index contributed by atoms with van der Waals surface area (Å²) in [4.78, 5) is 14.2. The number of carboxylic acid groups (broad SMARTS) is 1. The van der Waals surface area contributed by atoms with Gasteiger partial charge in [0.2, 0.25) is 0 Å². The first kappa shape index (κ1) is 21.5. The fourth-order valence-electron chi connectivity index (χ4n) is 3.77. The average Bonchev–Trinajstić information content (AvgIpc) is 3.08. The Bertz CT molecular complexity index is 952. The molecule has 3 rings (SSSR count). The molecule has 1 aromatic heterocycles. The van der Waals surface area contributed by atoms with E-state index in [1.165, 1.54) is 0 Å². The standard InChI is InChI=1S/C20H25BrClN5O2/c1-11(2)27-18(17(19(28)29)24-20(27,4)21)16(13-6-8-14(22)9-7-13)23-15-10-12(3)25-26(15)5/h6-11,16,23-24H,1-5H3,(H,28,29). The first-order chi connectivity index (χ1) is 13.5. The second kappa shape index (κ2) is 7.91. The number of rotatable bonds is 6. The molecule has 0 aliphatic carbocycles. The van der Waals surface area contributed by atoms with Gasteiger partial charge in [0, 0.05) is 24.2 Å². The number of alkyl halides is 1. The summed E-state index contributed by atoms with van der Waals surface area (Å²) in [6.07, 6.45) is 0. The zero-order valence-electron chi connectivity index (χ0n) is 17.0. The first-order valence-electron chi connectivity index (χ1n) is 9.27. The fourth-order valence-corrected chi connectivity index (χ4v) is 4.69. The van der Waals surface area contributed by atoms with Gasteiger partial charge >= 0.3 is 5.97 Å². The van der Waals surface area contributed by atoms with Gasteiger partial charge in [0.15, 0.2) is 4.57 Å². The van der Waals surface area contributed by atoms with Crippen molar-refractivity contribution in [3.63, 3.8) is 0 Å². The predicted molar refractivity (Wildman–Crippen MR) is 118 cm³/mol. The Morgan fingerprint density at radius 1 is 1.34 bits per heavy atom. The lowest BCUT2D eigenvalue weighted by molar-refractivity contribution is -0.133. The highest BCUT2D eigenvalue weighted by Gasteiger charge is 2.46. The number of carboxylic acids is 1. The van der Waals surface area contributed by atoms with Crippen LogP contribution < -0.4 is 10.6 Å². The zero-order valence-corrected chi connectivity index (χ0v) is 19.3. The normalized spacial score (nSPS) is 20.2. The van der Waals surface area contributed by atoms with Crippen LogP contribution in [0.2, 0.25) is 5.02 Å². The van der Waals surface area contributed by atoms with Gasteiger partial charge in [-0.25, -0.2) is 4.79 Å². The van der Waals surface area contributed by atoms with Gasteiger partial charge in [-0.1, -0.05) is 23.7 Å². The largest absolute Gasteiger partial charge is 0.477 e. The van der Waals surface area contributed by atoms with Gasteiger partial charge in [-0.2, -0.15) is 5.10 Å². The van der Waals surface area contributed by atoms with E-state index >= 15 is 0 Å². The third-order valence-electron chi connectivity index (χ3n) is 4.82. The third kappa shape index (κ3) is 4.23. The molecule has 1 aromatic carbocycles. The highest BCUT2D eigenvalue weighted by Crippen LogP contribution is 2.42. The maximum absolute atomic E-state index is 12.1. The molecule has 29 heavy (non-hydrogen) atoms. The van der Waals surface area contributed by atoms with Crippen molar-refractivity contribution in [3.8, 4) is 0 Å². The molecule has 0 saturated carbocycles. The van der Waals surface area contributed by atoms with Crippen LogP contribution in [0.5, 0.6) is 0 Å². The van der Waals surface area contributed by atoms with Crippen LogP contribution in [0.3, 0.4) is 0 Å². The van der Waals surface area contributed by atoms with Crippen molar-refractivity contribution in [1.29, 1.82) is 0 Å². The van der Waals surface area contributed by atoms with E-state index < -0.39 is 16.6 Å².